The van der Waals surface area contributed by atoms with E-state index in [4.69, 9.17) is 4.74 Å². The average Bonchev–Trinajstić information content (AvgIpc) is 2.51. The van der Waals surface area contributed by atoms with Gasteiger partial charge in [0, 0.05) is 20.1 Å². The van der Waals surface area contributed by atoms with E-state index in [1.165, 1.54) is 15.3 Å². The van der Waals surface area contributed by atoms with Gasteiger partial charge in [0.25, 0.3) is 5.91 Å². The van der Waals surface area contributed by atoms with Crippen molar-refractivity contribution in [2.24, 2.45) is 5.92 Å². The Balaban J connectivity index is 1.96. The van der Waals surface area contributed by atoms with E-state index >= 15 is 0 Å². The van der Waals surface area contributed by atoms with Crippen molar-refractivity contribution < 1.29 is 17.9 Å². The van der Waals surface area contributed by atoms with Crippen molar-refractivity contribution in [1.29, 1.82) is 0 Å². The molecule has 0 aliphatic carbocycles. The van der Waals surface area contributed by atoms with E-state index in [2.05, 4.69) is 6.92 Å². The van der Waals surface area contributed by atoms with Gasteiger partial charge in [-0.2, -0.15) is 4.31 Å². The summed E-state index contributed by atoms with van der Waals surface area (Å²) in [6.07, 6.45) is 1.94. The van der Waals surface area contributed by atoms with Crippen LogP contribution in [0.25, 0.3) is 0 Å². The van der Waals surface area contributed by atoms with E-state index < -0.39 is 10.0 Å². The fraction of sp³-hybridized carbons (Fsp3) is 0.533. The highest BCUT2D eigenvalue weighted by Gasteiger charge is 2.31. The number of amides is 1. The van der Waals surface area contributed by atoms with Crippen LogP contribution in [0.5, 0.6) is 5.75 Å². The highest BCUT2D eigenvalue weighted by atomic mass is 32.2. The third-order valence-electron chi connectivity index (χ3n) is 4.27. The predicted octanol–water partition coefficient (Wildman–Crippen LogP) is 1.46. The zero-order chi connectivity index (χ0) is 15.9. The first-order valence-electron chi connectivity index (χ1n) is 7.43. The van der Waals surface area contributed by atoms with Crippen molar-refractivity contribution in [2.45, 2.75) is 24.7 Å². The van der Waals surface area contributed by atoms with Gasteiger partial charge in [-0.25, -0.2) is 8.42 Å². The van der Waals surface area contributed by atoms with E-state index in [1.807, 2.05) is 0 Å². The minimum atomic E-state index is -3.53. The van der Waals surface area contributed by atoms with E-state index in [0.29, 0.717) is 30.4 Å². The van der Waals surface area contributed by atoms with Crippen molar-refractivity contribution in [2.75, 3.05) is 31.6 Å². The van der Waals surface area contributed by atoms with Crippen molar-refractivity contribution in [1.82, 2.24) is 4.31 Å². The monoisotopic (exact) mass is 324 g/mol. The molecule has 2 aliphatic heterocycles. The molecule has 0 spiro atoms. The number of likely N-dealkylation sites (N-methyl/N-ethyl adjacent to an activating group) is 1. The highest BCUT2D eigenvalue weighted by Crippen LogP contribution is 2.34. The van der Waals surface area contributed by atoms with E-state index in [0.717, 1.165) is 12.8 Å². The number of anilines is 1. The lowest BCUT2D eigenvalue weighted by atomic mass is 10.0. The number of carbonyl (C=O) groups excluding carboxylic acids is 1. The first-order chi connectivity index (χ1) is 10.4. The smallest absolute Gasteiger partial charge is 0.264 e. The van der Waals surface area contributed by atoms with Gasteiger partial charge in [-0.05, 0) is 37.0 Å². The van der Waals surface area contributed by atoms with Crippen LogP contribution in [0.4, 0.5) is 5.69 Å². The average molecular weight is 324 g/mol. The van der Waals surface area contributed by atoms with Gasteiger partial charge < -0.3 is 9.64 Å². The SMILES string of the molecule is C[C@H]1CCCN(S(=O)(=O)c2ccc3c(c2)N(C)C(=O)CO3)C1. The van der Waals surface area contributed by atoms with Crippen LogP contribution in [0.15, 0.2) is 23.1 Å². The molecule has 22 heavy (non-hydrogen) atoms. The van der Waals surface area contributed by atoms with Crippen molar-refractivity contribution >= 4 is 21.6 Å². The van der Waals surface area contributed by atoms with Gasteiger partial charge in [0.2, 0.25) is 10.0 Å². The summed E-state index contributed by atoms with van der Waals surface area (Å²) < 4.78 is 32.4. The Bertz CT molecular complexity index is 701. The topological polar surface area (TPSA) is 66.9 Å². The van der Waals surface area contributed by atoms with Crippen LogP contribution in [0, 0.1) is 5.92 Å². The van der Waals surface area contributed by atoms with E-state index in [9.17, 15) is 13.2 Å². The van der Waals surface area contributed by atoms with Crippen molar-refractivity contribution in [3.05, 3.63) is 18.2 Å². The fourth-order valence-electron chi connectivity index (χ4n) is 2.93. The van der Waals surface area contributed by atoms with Gasteiger partial charge in [0.1, 0.15) is 5.75 Å². The largest absolute Gasteiger partial charge is 0.482 e. The van der Waals surface area contributed by atoms with Crippen LogP contribution in [0.1, 0.15) is 19.8 Å². The number of ether oxygens (including phenoxy) is 1. The fourth-order valence-corrected chi connectivity index (χ4v) is 4.55. The van der Waals surface area contributed by atoms with Crippen LogP contribution >= 0.6 is 0 Å². The third kappa shape index (κ3) is 2.59. The molecule has 1 saturated heterocycles. The summed E-state index contributed by atoms with van der Waals surface area (Å²) in [6, 6.07) is 4.70. The van der Waals surface area contributed by atoms with Crippen LogP contribution in [0.2, 0.25) is 0 Å². The Hall–Kier alpha value is -1.60. The lowest BCUT2D eigenvalue weighted by Crippen LogP contribution is -2.39. The number of hydrogen-bond acceptors (Lipinski definition) is 4. The maximum Gasteiger partial charge on any atom is 0.264 e. The molecule has 2 aliphatic rings. The molecule has 2 heterocycles. The lowest BCUT2D eigenvalue weighted by molar-refractivity contribution is -0.120. The first kappa shape index (κ1) is 15.3. The summed E-state index contributed by atoms with van der Waals surface area (Å²) in [6.45, 7) is 3.15. The molecule has 7 heteroatoms. The Morgan fingerprint density at radius 2 is 2.09 bits per heavy atom. The maximum absolute atomic E-state index is 12.8. The quantitative estimate of drug-likeness (QED) is 0.826. The molecule has 1 aromatic rings. The standard InChI is InChI=1S/C15H20N2O4S/c1-11-4-3-7-17(9-11)22(19,20)12-5-6-14-13(8-12)16(2)15(18)10-21-14/h5-6,8,11H,3-4,7,9-10H2,1-2H3/t11-/m0/s1. The first-order valence-corrected chi connectivity index (χ1v) is 8.87. The molecule has 0 unspecified atom stereocenters. The van der Waals surface area contributed by atoms with E-state index in [-0.39, 0.29) is 17.4 Å². The number of nitrogens with zero attached hydrogens (tertiary/aromatic N) is 2. The van der Waals surface area contributed by atoms with Crippen LogP contribution in [-0.2, 0) is 14.8 Å². The second-order valence-electron chi connectivity index (χ2n) is 5.98. The molecule has 0 N–H and O–H groups in total. The molecule has 3 rings (SSSR count). The number of rotatable bonds is 2. The lowest BCUT2D eigenvalue weighted by Gasteiger charge is -2.31. The number of piperidine rings is 1. The highest BCUT2D eigenvalue weighted by molar-refractivity contribution is 7.89. The number of hydrogen-bond donors (Lipinski definition) is 0. The minimum Gasteiger partial charge on any atom is -0.482 e. The molecule has 120 valence electrons. The normalized spacial score (nSPS) is 23.1. The molecule has 0 radical (unpaired) electrons. The Labute approximate surface area is 130 Å². The van der Waals surface area contributed by atoms with Crippen LogP contribution in [0.3, 0.4) is 0 Å². The van der Waals surface area contributed by atoms with Gasteiger partial charge in [0.15, 0.2) is 6.61 Å². The van der Waals surface area contributed by atoms with Gasteiger partial charge in [-0.3, -0.25) is 4.79 Å². The zero-order valence-corrected chi connectivity index (χ0v) is 13.6. The summed E-state index contributed by atoms with van der Waals surface area (Å²) >= 11 is 0. The Kier molecular flexibility index (Phi) is 3.86. The number of carbonyl (C=O) groups is 1. The summed E-state index contributed by atoms with van der Waals surface area (Å²) in [7, 11) is -1.90. The molecular formula is C15H20N2O4S. The van der Waals surface area contributed by atoms with Gasteiger partial charge in [0.05, 0.1) is 10.6 Å². The number of sulfonamides is 1. The number of benzene rings is 1. The van der Waals surface area contributed by atoms with Crippen molar-refractivity contribution in [3.63, 3.8) is 0 Å². The summed E-state index contributed by atoms with van der Waals surface area (Å²) in [4.78, 5) is 13.4. The van der Waals surface area contributed by atoms with E-state index in [1.54, 1.807) is 19.2 Å². The summed E-state index contributed by atoms with van der Waals surface area (Å²) in [5, 5.41) is 0. The van der Waals surface area contributed by atoms with Crippen LogP contribution in [-0.4, -0.2) is 45.4 Å². The van der Waals surface area contributed by atoms with Gasteiger partial charge in [-0.15, -0.1) is 0 Å². The molecule has 1 atom stereocenters. The molecule has 1 fully saturated rings. The Morgan fingerprint density at radius 3 is 2.82 bits per heavy atom. The second kappa shape index (κ2) is 5.55. The van der Waals surface area contributed by atoms with Gasteiger partial charge in [-0.1, -0.05) is 6.92 Å². The molecule has 6 nitrogen and oxygen atoms in total. The van der Waals surface area contributed by atoms with Crippen molar-refractivity contribution in [3.8, 4) is 5.75 Å². The summed E-state index contributed by atoms with van der Waals surface area (Å²) in [5.74, 6) is 0.718. The van der Waals surface area contributed by atoms with Crippen LogP contribution < -0.4 is 9.64 Å². The third-order valence-corrected chi connectivity index (χ3v) is 6.14. The molecule has 1 aromatic carbocycles. The maximum atomic E-state index is 12.8. The molecular weight excluding hydrogens is 304 g/mol. The number of fused-ring (bicyclic) bond motifs is 1. The van der Waals surface area contributed by atoms with Gasteiger partial charge >= 0.3 is 0 Å². The molecule has 0 saturated carbocycles. The Morgan fingerprint density at radius 1 is 1.32 bits per heavy atom. The zero-order valence-electron chi connectivity index (χ0n) is 12.8. The molecule has 0 bridgehead atoms. The minimum absolute atomic E-state index is 0.0146. The predicted molar refractivity (Wildman–Crippen MR) is 82.5 cm³/mol. The summed E-state index contributed by atoms with van der Waals surface area (Å²) in [5.41, 5.74) is 0.502. The molecule has 0 aromatic heterocycles. The molecule has 1 amide bonds. The second-order valence-corrected chi connectivity index (χ2v) is 7.92.